The Kier molecular flexibility index (Phi) is 5.04. The number of fused-ring (bicyclic) bond motifs is 3. The van der Waals surface area contributed by atoms with Gasteiger partial charge in [-0.1, -0.05) is 0 Å². The summed E-state index contributed by atoms with van der Waals surface area (Å²) in [6.45, 7) is 2.87. The molecule has 0 radical (unpaired) electrons. The molecule has 162 valence electrons. The molecule has 1 aromatic carbocycles. The van der Waals surface area contributed by atoms with E-state index in [0.717, 1.165) is 30.5 Å². The van der Waals surface area contributed by atoms with Crippen LogP contribution in [0.1, 0.15) is 40.2 Å². The smallest absolute Gasteiger partial charge is 0.263 e. The van der Waals surface area contributed by atoms with Gasteiger partial charge in [-0.2, -0.15) is 0 Å². The first-order valence-corrected chi connectivity index (χ1v) is 11.4. The van der Waals surface area contributed by atoms with Crippen LogP contribution in [-0.4, -0.2) is 30.0 Å². The van der Waals surface area contributed by atoms with E-state index in [2.05, 4.69) is 10.3 Å². The highest BCUT2D eigenvalue weighted by Gasteiger charge is 2.39. The third-order valence-corrected chi connectivity index (χ3v) is 7.57. The molecular weight excluding hydrogens is 418 g/mol. The summed E-state index contributed by atoms with van der Waals surface area (Å²) in [5.41, 5.74) is 7.98. The van der Waals surface area contributed by atoms with Crippen molar-refractivity contribution >= 4 is 38.8 Å². The lowest BCUT2D eigenvalue weighted by Crippen LogP contribution is -2.32. The molecule has 1 aliphatic heterocycles. The average molecular weight is 443 g/mol. The van der Waals surface area contributed by atoms with Crippen molar-refractivity contribution < 1.29 is 13.6 Å². The normalized spacial score (nSPS) is 20.0. The maximum absolute atomic E-state index is 14.7. The second-order valence-corrected chi connectivity index (χ2v) is 9.54. The highest BCUT2D eigenvalue weighted by atomic mass is 32.1. The van der Waals surface area contributed by atoms with E-state index in [1.807, 2.05) is 24.0 Å². The lowest BCUT2D eigenvalue weighted by atomic mass is 10.1. The number of hydrogen-bond acceptors (Lipinski definition) is 5. The standard InChI is InChI=1S/C23H24F2N4OS/c1-12-2-5-16-20(26)21(31-23(16)28-12)22(30)27-7-6-14-9-18(25)19(10-17(14)24)29-11-13-3-4-15(29)8-13/h2,5,9-10,13,15H,3-4,6-8,11,26H2,1H3,(H,27,30)/t13-,15+/m1/s1. The second kappa shape index (κ2) is 7.75. The van der Waals surface area contributed by atoms with Gasteiger partial charge < -0.3 is 16.0 Å². The van der Waals surface area contributed by atoms with Gasteiger partial charge in [-0.25, -0.2) is 13.8 Å². The molecule has 1 amide bonds. The summed E-state index contributed by atoms with van der Waals surface area (Å²) in [7, 11) is 0. The zero-order valence-corrected chi connectivity index (χ0v) is 18.1. The van der Waals surface area contributed by atoms with E-state index in [-0.39, 0.29) is 24.4 Å². The average Bonchev–Trinajstić information content (AvgIpc) is 3.45. The van der Waals surface area contributed by atoms with Crippen LogP contribution < -0.4 is 16.0 Å². The molecule has 5 rings (SSSR count). The van der Waals surface area contributed by atoms with Crippen molar-refractivity contribution in [3.63, 3.8) is 0 Å². The quantitative estimate of drug-likeness (QED) is 0.613. The number of nitrogens with zero attached hydrogens (tertiary/aromatic N) is 2. The maximum atomic E-state index is 14.7. The predicted octanol–water partition coefficient (Wildman–Crippen LogP) is 4.43. The number of amides is 1. The summed E-state index contributed by atoms with van der Waals surface area (Å²) in [5, 5.41) is 3.52. The molecule has 2 aliphatic rings. The van der Waals surface area contributed by atoms with Gasteiger partial charge in [0.05, 0.1) is 11.4 Å². The van der Waals surface area contributed by atoms with Crippen molar-refractivity contribution in [1.82, 2.24) is 10.3 Å². The number of hydrogen-bond donors (Lipinski definition) is 2. The van der Waals surface area contributed by atoms with Crippen LogP contribution in [0.2, 0.25) is 0 Å². The van der Waals surface area contributed by atoms with E-state index < -0.39 is 11.6 Å². The number of benzene rings is 1. The minimum atomic E-state index is -0.436. The number of thiophene rings is 1. The van der Waals surface area contributed by atoms with Gasteiger partial charge in [0.1, 0.15) is 21.3 Å². The highest BCUT2D eigenvalue weighted by molar-refractivity contribution is 7.21. The van der Waals surface area contributed by atoms with Gasteiger partial charge >= 0.3 is 0 Å². The number of carbonyl (C=O) groups is 1. The first-order chi connectivity index (χ1) is 14.9. The van der Waals surface area contributed by atoms with E-state index in [4.69, 9.17) is 5.73 Å². The summed E-state index contributed by atoms with van der Waals surface area (Å²) in [4.78, 5) is 20.1. The fraction of sp³-hybridized carbons (Fsp3) is 0.391. The number of nitrogen functional groups attached to an aromatic ring is 1. The van der Waals surface area contributed by atoms with Gasteiger partial charge in [-0.15, -0.1) is 11.3 Å². The molecule has 0 spiro atoms. The number of piperidine rings is 1. The molecule has 0 unspecified atom stereocenters. The third kappa shape index (κ3) is 3.63. The number of pyridine rings is 1. The topological polar surface area (TPSA) is 71.2 Å². The number of anilines is 2. The summed E-state index contributed by atoms with van der Waals surface area (Å²) < 4.78 is 29.4. The Morgan fingerprint density at radius 2 is 2.13 bits per heavy atom. The van der Waals surface area contributed by atoms with Gasteiger partial charge in [-0.3, -0.25) is 4.79 Å². The Bertz CT molecular complexity index is 1180. The molecule has 1 aliphatic carbocycles. The minimum Gasteiger partial charge on any atom is -0.397 e. The van der Waals surface area contributed by atoms with Crippen LogP contribution in [0.25, 0.3) is 10.2 Å². The van der Waals surface area contributed by atoms with Gasteiger partial charge in [0.25, 0.3) is 5.91 Å². The number of rotatable bonds is 5. The van der Waals surface area contributed by atoms with Crippen molar-refractivity contribution in [2.45, 2.75) is 38.6 Å². The summed E-state index contributed by atoms with van der Waals surface area (Å²) in [5.74, 6) is -0.563. The third-order valence-electron chi connectivity index (χ3n) is 6.45. The molecule has 3 aromatic rings. The maximum Gasteiger partial charge on any atom is 0.263 e. The van der Waals surface area contributed by atoms with Crippen LogP contribution in [0.4, 0.5) is 20.2 Å². The first kappa shape index (κ1) is 20.2. The minimum absolute atomic E-state index is 0.184. The molecule has 1 saturated heterocycles. The summed E-state index contributed by atoms with van der Waals surface area (Å²) in [6.07, 6.45) is 3.51. The van der Waals surface area contributed by atoms with Crippen molar-refractivity contribution in [2.24, 2.45) is 5.92 Å². The van der Waals surface area contributed by atoms with E-state index in [0.29, 0.717) is 33.0 Å². The molecule has 2 bridgehead atoms. The van der Waals surface area contributed by atoms with Crippen LogP contribution in [-0.2, 0) is 6.42 Å². The van der Waals surface area contributed by atoms with Crippen LogP contribution >= 0.6 is 11.3 Å². The van der Waals surface area contributed by atoms with Crippen LogP contribution in [0.5, 0.6) is 0 Å². The van der Waals surface area contributed by atoms with Gasteiger partial charge in [0.2, 0.25) is 0 Å². The largest absolute Gasteiger partial charge is 0.397 e. The Morgan fingerprint density at radius 1 is 1.29 bits per heavy atom. The molecule has 3 heterocycles. The molecule has 2 atom stereocenters. The zero-order chi connectivity index (χ0) is 21.7. The van der Waals surface area contributed by atoms with E-state index in [1.165, 1.54) is 29.9 Å². The van der Waals surface area contributed by atoms with Crippen molar-refractivity contribution in [3.8, 4) is 0 Å². The SMILES string of the molecule is Cc1ccc2c(N)c(C(=O)NCCc3cc(F)c(N4C[C@@H]5CC[C@H]4C5)cc3F)sc2n1. The molecular formula is C23H24F2N4OS. The van der Waals surface area contributed by atoms with E-state index >= 15 is 0 Å². The van der Waals surface area contributed by atoms with Crippen LogP contribution in [0.15, 0.2) is 24.3 Å². The van der Waals surface area contributed by atoms with Crippen LogP contribution in [0.3, 0.4) is 0 Å². The molecule has 8 heteroatoms. The highest BCUT2D eigenvalue weighted by Crippen LogP contribution is 2.41. The Hall–Kier alpha value is -2.74. The van der Waals surface area contributed by atoms with Gasteiger partial charge in [-0.05, 0) is 62.3 Å². The van der Waals surface area contributed by atoms with Crippen molar-refractivity contribution in [3.05, 3.63) is 52.0 Å². The Morgan fingerprint density at radius 3 is 2.87 bits per heavy atom. The van der Waals surface area contributed by atoms with Crippen molar-refractivity contribution in [1.29, 1.82) is 0 Å². The predicted molar refractivity (Wildman–Crippen MR) is 120 cm³/mol. The van der Waals surface area contributed by atoms with Gasteiger partial charge in [0.15, 0.2) is 0 Å². The summed E-state index contributed by atoms with van der Waals surface area (Å²) in [6, 6.07) is 6.61. The van der Waals surface area contributed by atoms with Gasteiger partial charge in [0, 0.05) is 36.3 Å². The number of carbonyl (C=O) groups excluding carboxylic acids is 1. The lowest BCUT2D eigenvalue weighted by Gasteiger charge is -2.29. The Labute approximate surface area is 183 Å². The fourth-order valence-corrected chi connectivity index (χ4v) is 5.91. The number of aryl methyl sites for hydroxylation is 1. The molecule has 2 aromatic heterocycles. The molecule has 5 nitrogen and oxygen atoms in total. The van der Waals surface area contributed by atoms with Crippen LogP contribution in [0, 0.1) is 24.5 Å². The van der Waals surface area contributed by atoms with Crippen molar-refractivity contribution in [2.75, 3.05) is 23.7 Å². The molecule has 1 saturated carbocycles. The number of halogens is 2. The first-order valence-electron chi connectivity index (χ1n) is 10.6. The monoisotopic (exact) mass is 442 g/mol. The molecule has 3 N–H and O–H groups in total. The number of nitrogens with two attached hydrogens (primary N) is 1. The lowest BCUT2D eigenvalue weighted by molar-refractivity contribution is 0.0959. The number of nitrogens with one attached hydrogen (secondary N) is 1. The Balaban J connectivity index is 1.26. The second-order valence-electron chi connectivity index (χ2n) is 8.54. The zero-order valence-electron chi connectivity index (χ0n) is 17.3. The molecule has 2 fully saturated rings. The van der Waals surface area contributed by atoms with E-state index in [1.54, 1.807) is 0 Å². The number of aromatic nitrogens is 1. The fourth-order valence-electron chi connectivity index (χ4n) is 4.86. The summed E-state index contributed by atoms with van der Waals surface area (Å²) >= 11 is 1.23. The van der Waals surface area contributed by atoms with E-state index in [9.17, 15) is 13.6 Å². The molecule has 31 heavy (non-hydrogen) atoms.